The van der Waals surface area contributed by atoms with Crippen LogP contribution in [0.4, 0.5) is 0 Å². The quantitative estimate of drug-likeness (QED) is 0.0455. The molecule has 0 aromatic rings. The standard InChI is InChI=1S/C45H79NO3/c1-3-5-7-9-11-13-14-15-16-17-18-19-20-21-22-23-24-25-26-27-28-29-30-31-32-33-35-37-39-41-45(49)46-43(42-47)44(48)40-38-36-34-12-10-8-6-4-2/h5,7,11,13,15-16,18-19,21-22,24-25,43-44,47-48H,3-4,6,8-10,12,14,17,20,23,26-42H2,1-2H3,(H,46,49)/b7-5-,13-11-,16-15-,19-18-,22-21-,25-24-. The average Bonchev–Trinajstić information content (AvgIpc) is 3.10. The highest BCUT2D eigenvalue weighted by atomic mass is 16.3. The van der Waals surface area contributed by atoms with Gasteiger partial charge in [-0.1, -0.05) is 189 Å². The molecule has 0 saturated carbocycles. The van der Waals surface area contributed by atoms with Crippen molar-refractivity contribution in [2.45, 2.75) is 199 Å². The number of carbonyl (C=O) groups excluding carboxylic acids is 1. The highest BCUT2D eigenvalue weighted by Gasteiger charge is 2.19. The first-order chi connectivity index (χ1) is 24.2. The summed E-state index contributed by atoms with van der Waals surface area (Å²) in [6.07, 6.45) is 56.9. The molecule has 0 spiro atoms. The first kappa shape index (κ1) is 46.8. The molecular weight excluding hydrogens is 602 g/mol. The van der Waals surface area contributed by atoms with Crippen LogP contribution in [-0.2, 0) is 4.79 Å². The Labute approximate surface area is 304 Å². The van der Waals surface area contributed by atoms with Crippen LogP contribution < -0.4 is 5.32 Å². The summed E-state index contributed by atoms with van der Waals surface area (Å²) in [5.41, 5.74) is 0. The zero-order chi connectivity index (χ0) is 35.7. The van der Waals surface area contributed by atoms with E-state index >= 15 is 0 Å². The van der Waals surface area contributed by atoms with E-state index in [9.17, 15) is 15.0 Å². The summed E-state index contributed by atoms with van der Waals surface area (Å²) in [6, 6.07) is -0.539. The van der Waals surface area contributed by atoms with Crippen molar-refractivity contribution in [1.29, 1.82) is 0 Å². The predicted octanol–water partition coefficient (Wildman–Crippen LogP) is 12.7. The van der Waals surface area contributed by atoms with E-state index in [1.807, 2.05) is 0 Å². The molecule has 0 aliphatic carbocycles. The minimum absolute atomic E-state index is 0.0435. The molecule has 2 unspecified atom stereocenters. The van der Waals surface area contributed by atoms with Gasteiger partial charge in [-0.3, -0.25) is 4.79 Å². The number of aliphatic hydroxyl groups is 2. The minimum Gasteiger partial charge on any atom is -0.394 e. The van der Waals surface area contributed by atoms with Crippen molar-refractivity contribution in [3.05, 3.63) is 72.9 Å². The molecule has 0 heterocycles. The third-order valence-electron chi connectivity index (χ3n) is 8.98. The fraction of sp³-hybridized carbons (Fsp3) is 0.711. The van der Waals surface area contributed by atoms with Gasteiger partial charge in [-0.15, -0.1) is 0 Å². The topological polar surface area (TPSA) is 69.6 Å². The van der Waals surface area contributed by atoms with Gasteiger partial charge in [0.15, 0.2) is 0 Å². The molecule has 0 fully saturated rings. The Hall–Kier alpha value is -2.17. The van der Waals surface area contributed by atoms with Crippen molar-refractivity contribution in [2.75, 3.05) is 6.61 Å². The van der Waals surface area contributed by atoms with Gasteiger partial charge in [-0.05, 0) is 64.2 Å². The van der Waals surface area contributed by atoms with Crippen molar-refractivity contribution < 1.29 is 15.0 Å². The van der Waals surface area contributed by atoms with E-state index in [0.29, 0.717) is 12.8 Å². The molecule has 0 aromatic carbocycles. The van der Waals surface area contributed by atoms with E-state index in [4.69, 9.17) is 0 Å². The van der Waals surface area contributed by atoms with Crippen LogP contribution in [0.25, 0.3) is 0 Å². The molecule has 4 nitrogen and oxygen atoms in total. The van der Waals surface area contributed by atoms with Crippen LogP contribution in [-0.4, -0.2) is 34.9 Å². The summed E-state index contributed by atoms with van der Waals surface area (Å²) in [6.45, 7) is 4.20. The van der Waals surface area contributed by atoms with Crippen LogP contribution in [0.2, 0.25) is 0 Å². The second kappa shape index (κ2) is 40.3. The van der Waals surface area contributed by atoms with Crippen LogP contribution in [0, 0.1) is 0 Å². The van der Waals surface area contributed by atoms with Crippen molar-refractivity contribution in [1.82, 2.24) is 5.32 Å². The van der Waals surface area contributed by atoms with E-state index in [0.717, 1.165) is 64.2 Å². The molecule has 49 heavy (non-hydrogen) atoms. The molecule has 0 saturated heterocycles. The zero-order valence-corrected chi connectivity index (χ0v) is 32.2. The zero-order valence-electron chi connectivity index (χ0n) is 32.2. The van der Waals surface area contributed by atoms with Gasteiger partial charge in [-0.2, -0.15) is 0 Å². The average molecular weight is 682 g/mol. The number of amides is 1. The third-order valence-corrected chi connectivity index (χ3v) is 8.98. The Morgan fingerprint density at radius 1 is 0.510 bits per heavy atom. The fourth-order valence-corrected chi connectivity index (χ4v) is 5.83. The summed E-state index contributed by atoms with van der Waals surface area (Å²) in [7, 11) is 0. The van der Waals surface area contributed by atoms with Gasteiger partial charge in [-0.25, -0.2) is 0 Å². The molecular formula is C45H79NO3. The first-order valence-corrected chi connectivity index (χ1v) is 20.6. The van der Waals surface area contributed by atoms with Crippen LogP contribution >= 0.6 is 0 Å². The number of aliphatic hydroxyl groups excluding tert-OH is 2. The van der Waals surface area contributed by atoms with Gasteiger partial charge in [0.2, 0.25) is 5.91 Å². The molecule has 0 radical (unpaired) electrons. The molecule has 0 rings (SSSR count). The van der Waals surface area contributed by atoms with E-state index < -0.39 is 12.1 Å². The molecule has 282 valence electrons. The Morgan fingerprint density at radius 2 is 0.898 bits per heavy atom. The van der Waals surface area contributed by atoms with Gasteiger partial charge in [0.1, 0.15) is 0 Å². The molecule has 0 bridgehead atoms. The second-order valence-corrected chi connectivity index (χ2v) is 13.7. The Bertz CT molecular complexity index is 868. The smallest absolute Gasteiger partial charge is 0.220 e. The van der Waals surface area contributed by atoms with Crippen LogP contribution in [0.5, 0.6) is 0 Å². The molecule has 3 N–H and O–H groups in total. The van der Waals surface area contributed by atoms with Crippen LogP contribution in [0.15, 0.2) is 72.9 Å². The number of hydrogen-bond donors (Lipinski definition) is 3. The lowest BCUT2D eigenvalue weighted by Gasteiger charge is -2.22. The lowest BCUT2D eigenvalue weighted by molar-refractivity contribution is -0.123. The summed E-state index contributed by atoms with van der Waals surface area (Å²) in [5, 5.41) is 23.0. The Kier molecular flexibility index (Phi) is 38.5. The van der Waals surface area contributed by atoms with Gasteiger partial charge >= 0.3 is 0 Å². The van der Waals surface area contributed by atoms with Gasteiger partial charge in [0.05, 0.1) is 18.8 Å². The lowest BCUT2D eigenvalue weighted by Crippen LogP contribution is -2.45. The van der Waals surface area contributed by atoms with Crippen molar-refractivity contribution >= 4 is 5.91 Å². The number of unbranched alkanes of at least 4 members (excludes halogenated alkanes) is 17. The van der Waals surface area contributed by atoms with Gasteiger partial charge in [0.25, 0.3) is 0 Å². The molecule has 2 atom stereocenters. The monoisotopic (exact) mass is 682 g/mol. The van der Waals surface area contributed by atoms with Crippen LogP contribution in [0.3, 0.4) is 0 Å². The van der Waals surface area contributed by atoms with Crippen molar-refractivity contribution in [3.63, 3.8) is 0 Å². The minimum atomic E-state index is -0.661. The van der Waals surface area contributed by atoms with E-state index in [1.54, 1.807) is 0 Å². The number of hydrogen-bond acceptors (Lipinski definition) is 3. The maximum atomic E-state index is 12.3. The van der Waals surface area contributed by atoms with Crippen molar-refractivity contribution in [3.8, 4) is 0 Å². The summed E-state index contributed by atoms with van der Waals surface area (Å²) in [5.74, 6) is -0.0435. The molecule has 0 aromatic heterocycles. The lowest BCUT2D eigenvalue weighted by atomic mass is 10.0. The number of allylic oxidation sites excluding steroid dienone is 12. The number of rotatable bonds is 36. The van der Waals surface area contributed by atoms with Gasteiger partial charge in [0, 0.05) is 6.42 Å². The third kappa shape index (κ3) is 36.9. The maximum Gasteiger partial charge on any atom is 0.220 e. The highest BCUT2D eigenvalue weighted by Crippen LogP contribution is 2.14. The van der Waals surface area contributed by atoms with Gasteiger partial charge < -0.3 is 15.5 Å². The number of carbonyl (C=O) groups is 1. The summed E-state index contributed by atoms with van der Waals surface area (Å²) in [4.78, 5) is 12.3. The Morgan fingerprint density at radius 3 is 1.35 bits per heavy atom. The van der Waals surface area contributed by atoms with E-state index in [1.165, 1.54) is 96.3 Å². The van der Waals surface area contributed by atoms with Crippen molar-refractivity contribution in [2.24, 2.45) is 0 Å². The van der Waals surface area contributed by atoms with E-state index in [-0.39, 0.29) is 12.5 Å². The fourth-order valence-electron chi connectivity index (χ4n) is 5.83. The largest absolute Gasteiger partial charge is 0.394 e. The molecule has 0 aliphatic heterocycles. The molecule has 0 aliphatic rings. The van der Waals surface area contributed by atoms with E-state index in [2.05, 4.69) is 92.1 Å². The molecule has 1 amide bonds. The van der Waals surface area contributed by atoms with Crippen LogP contribution in [0.1, 0.15) is 187 Å². The predicted molar refractivity (Wildman–Crippen MR) is 216 cm³/mol. The molecule has 4 heteroatoms. The summed E-state index contributed by atoms with van der Waals surface area (Å²) < 4.78 is 0. The maximum absolute atomic E-state index is 12.3. The summed E-state index contributed by atoms with van der Waals surface area (Å²) >= 11 is 0. The highest BCUT2D eigenvalue weighted by molar-refractivity contribution is 5.76. The number of nitrogens with one attached hydrogen (secondary N) is 1. The first-order valence-electron chi connectivity index (χ1n) is 20.6. The SMILES string of the molecule is CC/C=C\C/C=C\C/C=C\C/C=C\C/C=C\C/C=C\CCCCCCCCCCCCC(=O)NC(CO)C(O)CCCCCCCCCC. The normalized spacial score (nSPS) is 13.8. The second-order valence-electron chi connectivity index (χ2n) is 13.7. The Balaban J connectivity index is 3.55.